The number of nitrogens with zero attached hydrogens (tertiary/aromatic N) is 1. The van der Waals surface area contributed by atoms with Crippen molar-refractivity contribution < 1.29 is 14.4 Å². The number of benzene rings is 1. The van der Waals surface area contributed by atoms with Crippen molar-refractivity contribution in [3.63, 3.8) is 0 Å². The molecule has 22 heavy (non-hydrogen) atoms. The Morgan fingerprint density at radius 3 is 2.82 bits per heavy atom. The molecular formula is C17H20N2O3. The largest absolute Gasteiger partial charge is 0.350 e. The first-order valence-corrected chi connectivity index (χ1v) is 7.88. The van der Waals surface area contributed by atoms with Crippen LogP contribution in [0.1, 0.15) is 52.0 Å². The van der Waals surface area contributed by atoms with Gasteiger partial charge >= 0.3 is 0 Å². The van der Waals surface area contributed by atoms with E-state index < -0.39 is 0 Å². The van der Waals surface area contributed by atoms with Crippen LogP contribution in [0.4, 0.5) is 0 Å². The van der Waals surface area contributed by atoms with E-state index in [0.717, 1.165) is 24.9 Å². The molecule has 0 spiro atoms. The number of nitrogens with one attached hydrogen (secondary N) is 1. The number of fused-ring (bicyclic) bond motifs is 1. The van der Waals surface area contributed by atoms with Gasteiger partial charge in [0.15, 0.2) is 5.78 Å². The number of carbonyl (C=O) groups excluding carboxylic acids is 3. The Morgan fingerprint density at radius 2 is 2.00 bits per heavy atom. The van der Waals surface area contributed by atoms with Crippen molar-refractivity contribution in [2.24, 2.45) is 0 Å². The van der Waals surface area contributed by atoms with Gasteiger partial charge in [-0.3, -0.25) is 14.4 Å². The van der Waals surface area contributed by atoms with Gasteiger partial charge in [-0.1, -0.05) is 12.1 Å². The van der Waals surface area contributed by atoms with Gasteiger partial charge in [-0.25, -0.2) is 0 Å². The Balaban J connectivity index is 1.59. The van der Waals surface area contributed by atoms with Crippen LogP contribution in [-0.4, -0.2) is 42.1 Å². The van der Waals surface area contributed by atoms with Gasteiger partial charge in [-0.15, -0.1) is 0 Å². The van der Waals surface area contributed by atoms with Crippen molar-refractivity contribution in [3.05, 3.63) is 34.9 Å². The summed E-state index contributed by atoms with van der Waals surface area (Å²) in [6.07, 6.45) is 3.74. The molecule has 5 heteroatoms. The van der Waals surface area contributed by atoms with Crippen LogP contribution in [0.15, 0.2) is 18.2 Å². The zero-order chi connectivity index (χ0) is 15.5. The minimum atomic E-state index is -0.156. The number of hydrogen-bond acceptors (Lipinski definition) is 3. The molecule has 1 aromatic rings. The maximum atomic E-state index is 12.3. The van der Waals surface area contributed by atoms with Crippen LogP contribution >= 0.6 is 0 Å². The number of ketones is 1. The third-order valence-corrected chi connectivity index (χ3v) is 4.41. The second kappa shape index (κ2) is 6.30. The van der Waals surface area contributed by atoms with Crippen LogP contribution in [0, 0.1) is 0 Å². The topological polar surface area (TPSA) is 66.5 Å². The van der Waals surface area contributed by atoms with Crippen molar-refractivity contribution >= 4 is 17.6 Å². The highest BCUT2D eigenvalue weighted by atomic mass is 16.2. The molecule has 0 bridgehead atoms. The number of amides is 2. The monoisotopic (exact) mass is 300 g/mol. The lowest BCUT2D eigenvalue weighted by molar-refractivity contribution is -0.133. The van der Waals surface area contributed by atoms with Gasteiger partial charge in [0.25, 0.3) is 5.91 Å². The molecule has 1 saturated heterocycles. The van der Waals surface area contributed by atoms with E-state index in [4.69, 9.17) is 0 Å². The van der Waals surface area contributed by atoms with Crippen LogP contribution in [0.3, 0.4) is 0 Å². The zero-order valence-corrected chi connectivity index (χ0v) is 12.6. The van der Waals surface area contributed by atoms with Gasteiger partial charge in [0.2, 0.25) is 5.91 Å². The first-order chi connectivity index (χ1) is 10.7. The summed E-state index contributed by atoms with van der Waals surface area (Å²) in [6, 6.07) is 5.30. The van der Waals surface area contributed by atoms with Crippen molar-refractivity contribution in [1.29, 1.82) is 0 Å². The number of likely N-dealkylation sites (tertiary alicyclic amines) is 1. The van der Waals surface area contributed by atoms with Crippen LogP contribution in [0.25, 0.3) is 0 Å². The molecule has 2 aliphatic rings. The van der Waals surface area contributed by atoms with Crippen LogP contribution in [0.5, 0.6) is 0 Å². The van der Waals surface area contributed by atoms with Crippen molar-refractivity contribution in [1.82, 2.24) is 10.2 Å². The summed E-state index contributed by atoms with van der Waals surface area (Å²) in [5.74, 6) is 0.131. The minimum absolute atomic E-state index is 0.114. The maximum absolute atomic E-state index is 12.3. The van der Waals surface area contributed by atoms with Gasteiger partial charge in [-0.2, -0.15) is 0 Å². The van der Waals surface area contributed by atoms with Gasteiger partial charge in [-0.05, 0) is 30.9 Å². The van der Waals surface area contributed by atoms with E-state index in [9.17, 15) is 14.4 Å². The number of carbonyl (C=O) groups is 3. The number of hydrogen-bond donors (Lipinski definition) is 1. The molecule has 5 nitrogen and oxygen atoms in total. The Bertz CT molecular complexity index is 624. The molecule has 0 radical (unpaired) electrons. The van der Waals surface area contributed by atoms with Crippen LogP contribution < -0.4 is 5.32 Å². The fraction of sp³-hybridized carbons (Fsp3) is 0.471. The Kier molecular flexibility index (Phi) is 4.22. The Labute approximate surface area is 129 Å². The van der Waals surface area contributed by atoms with E-state index in [-0.39, 0.29) is 17.6 Å². The highest BCUT2D eigenvalue weighted by Crippen LogP contribution is 2.25. The predicted molar refractivity (Wildman–Crippen MR) is 81.9 cm³/mol. The van der Waals surface area contributed by atoms with Gasteiger partial charge in [0.1, 0.15) is 0 Å². The fourth-order valence-corrected chi connectivity index (χ4v) is 3.20. The molecule has 1 aromatic carbocycles. The highest BCUT2D eigenvalue weighted by Gasteiger charge is 2.24. The quantitative estimate of drug-likeness (QED) is 0.917. The summed E-state index contributed by atoms with van der Waals surface area (Å²) in [5, 5.41) is 2.87. The van der Waals surface area contributed by atoms with E-state index in [1.165, 1.54) is 0 Å². The van der Waals surface area contributed by atoms with Crippen LogP contribution in [0.2, 0.25) is 0 Å². The Morgan fingerprint density at radius 1 is 1.14 bits per heavy atom. The SMILES string of the molecule is O=C1CCc2c1cccc2C(=O)NCCN1CCCCC1=O. The molecule has 1 fully saturated rings. The standard InChI is InChI=1S/C17H20N2O3/c20-15-8-7-12-13(15)4-3-5-14(12)17(22)18-9-11-19-10-2-1-6-16(19)21/h3-5H,1-2,6-11H2,(H,18,22). The van der Waals surface area contributed by atoms with E-state index in [1.807, 2.05) is 4.90 Å². The van der Waals surface area contributed by atoms with Crippen LogP contribution in [-0.2, 0) is 11.2 Å². The number of Topliss-reactive ketones (excluding diaryl/α,β-unsaturated/α-hetero) is 1. The van der Waals surface area contributed by atoms with E-state index in [1.54, 1.807) is 18.2 Å². The van der Waals surface area contributed by atoms with Crippen molar-refractivity contribution in [3.8, 4) is 0 Å². The average Bonchev–Trinajstić information content (AvgIpc) is 2.91. The minimum Gasteiger partial charge on any atom is -0.350 e. The summed E-state index contributed by atoms with van der Waals surface area (Å²) in [6.45, 7) is 1.78. The van der Waals surface area contributed by atoms with Gasteiger partial charge in [0, 0.05) is 43.6 Å². The summed E-state index contributed by atoms with van der Waals surface area (Å²) < 4.78 is 0. The molecule has 0 unspecified atom stereocenters. The lowest BCUT2D eigenvalue weighted by Crippen LogP contribution is -2.41. The first kappa shape index (κ1) is 14.8. The van der Waals surface area contributed by atoms with E-state index in [2.05, 4.69) is 5.32 Å². The molecule has 3 rings (SSSR count). The molecule has 1 aliphatic carbocycles. The van der Waals surface area contributed by atoms with Crippen molar-refractivity contribution in [2.45, 2.75) is 32.1 Å². The molecule has 1 heterocycles. The van der Waals surface area contributed by atoms with E-state index >= 15 is 0 Å². The Hall–Kier alpha value is -2.17. The van der Waals surface area contributed by atoms with E-state index in [0.29, 0.717) is 43.5 Å². The third kappa shape index (κ3) is 2.89. The maximum Gasteiger partial charge on any atom is 0.251 e. The number of piperidine rings is 1. The lowest BCUT2D eigenvalue weighted by Gasteiger charge is -2.26. The average molecular weight is 300 g/mol. The molecule has 116 valence electrons. The molecule has 2 amide bonds. The second-order valence-corrected chi connectivity index (χ2v) is 5.85. The third-order valence-electron chi connectivity index (χ3n) is 4.41. The molecule has 1 aliphatic heterocycles. The molecule has 0 saturated carbocycles. The summed E-state index contributed by atoms with van der Waals surface area (Å²) >= 11 is 0. The second-order valence-electron chi connectivity index (χ2n) is 5.85. The lowest BCUT2D eigenvalue weighted by atomic mass is 10.0. The highest BCUT2D eigenvalue weighted by molar-refractivity contribution is 6.05. The molecule has 0 aromatic heterocycles. The fourth-order valence-electron chi connectivity index (χ4n) is 3.20. The predicted octanol–water partition coefficient (Wildman–Crippen LogP) is 1.56. The van der Waals surface area contributed by atoms with Crippen molar-refractivity contribution in [2.75, 3.05) is 19.6 Å². The van der Waals surface area contributed by atoms with Gasteiger partial charge in [0.05, 0.1) is 0 Å². The van der Waals surface area contributed by atoms with Gasteiger partial charge < -0.3 is 10.2 Å². The molecular weight excluding hydrogens is 280 g/mol. The molecule has 0 atom stereocenters. The summed E-state index contributed by atoms with van der Waals surface area (Å²) in [4.78, 5) is 37.5. The number of rotatable bonds is 4. The smallest absolute Gasteiger partial charge is 0.251 e. The summed E-state index contributed by atoms with van der Waals surface area (Å²) in [5.41, 5.74) is 2.13. The summed E-state index contributed by atoms with van der Waals surface area (Å²) in [7, 11) is 0. The first-order valence-electron chi connectivity index (χ1n) is 7.88. The zero-order valence-electron chi connectivity index (χ0n) is 12.6. The normalized spacial score (nSPS) is 17.5. The molecule has 1 N–H and O–H groups in total.